The third-order valence-corrected chi connectivity index (χ3v) is 12.7. The number of fused-ring (bicyclic) bond motifs is 9. The summed E-state index contributed by atoms with van der Waals surface area (Å²) in [5, 5.41) is 7.02. The van der Waals surface area contributed by atoms with Crippen LogP contribution in [-0.4, -0.2) is 0 Å². The number of furan rings is 2. The quantitative estimate of drug-likeness (QED) is 0.169. The van der Waals surface area contributed by atoms with E-state index in [2.05, 4.69) is 187 Å². The minimum Gasteiger partial charge on any atom is -0.456 e. The van der Waals surface area contributed by atoms with Gasteiger partial charge in [0.1, 0.15) is 22.3 Å². The summed E-state index contributed by atoms with van der Waals surface area (Å²) in [6.07, 6.45) is 0. The number of rotatable bonds is 6. The van der Waals surface area contributed by atoms with Gasteiger partial charge in [-0.25, -0.2) is 0 Å². The number of thiophene rings is 1. The van der Waals surface area contributed by atoms with Crippen molar-refractivity contribution in [2.45, 2.75) is 0 Å². The highest BCUT2D eigenvalue weighted by molar-refractivity contribution is 7.26. The lowest BCUT2D eigenvalue weighted by Gasteiger charge is -2.26. The highest BCUT2D eigenvalue weighted by Crippen LogP contribution is 2.46. The second kappa shape index (κ2) is 13.1. The number of hydrogen-bond donors (Lipinski definition) is 0. The fraction of sp³-hybridized carbons (Fsp3) is 0. The van der Waals surface area contributed by atoms with Crippen LogP contribution in [0.4, 0.5) is 17.1 Å². The Bertz CT molecular complexity index is 3340. The minimum atomic E-state index is 0.851. The van der Waals surface area contributed by atoms with Crippen molar-refractivity contribution in [3.63, 3.8) is 0 Å². The molecule has 0 radical (unpaired) electrons. The summed E-state index contributed by atoms with van der Waals surface area (Å²) in [7, 11) is 0. The predicted molar refractivity (Wildman–Crippen MR) is 245 cm³/mol. The van der Waals surface area contributed by atoms with E-state index in [0.29, 0.717) is 0 Å². The van der Waals surface area contributed by atoms with Gasteiger partial charge in [0.15, 0.2) is 0 Å². The normalized spacial score (nSPS) is 11.8. The highest BCUT2D eigenvalue weighted by Gasteiger charge is 2.21. The molecule has 0 N–H and O–H groups in total. The van der Waals surface area contributed by atoms with Crippen LogP contribution in [0.25, 0.3) is 97.4 Å². The Morgan fingerprint density at radius 3 is 1.79 bits per heavy atom. The van der Waals surface area contributed by atoms with Crippen molar-refractivity contribution >= 4 is 92.4 Å². The number of benzene rings is 9. The van der Waals surface area contributed by atoms with Crippen LogP contribution in [-0.2, 0) is 0 Å². The molecule has 9 aromatic carbocycles. The van der Waals surface area contributed by atoms with Crippen LogP contribution < -0.4 is 4.90 Å². The Balaban J connectivity index is 1.01. The SMILES string of the molecule is c1ccc(-c2ccc3c(c2)oc2cccc(N(c4ccc(-c5cccc6c5oc5ccccc56)cc4)c4ccc(-c5cccc6c5sc5ccccc56)cc4)c23)cc1. The van der Waals surface area contributed by atoms with E-state index in [9.17, 15) is 0 Å². The molecule has 0 atom stereocenters. The zero-order chi connectivity index (χ0) is 38.2. The van der Waals surface area contributed by atoms with Crippen LogP contribution in [0, 0.1) is 0 Å². The Labute approximate surface area is 338 Å². The molecule has 4 heteroatoms. The Hall–Kier alpha value is -7.40. The second-order valence-electron chi connectivity index (χ2n) is 14.8. The van der Waals surface area contributed by atoms with E-state index in [1.54, 1.807) is 0 Å². The van der Waals surface area contributed by atoms with Gasteiger partial charge in [0, 0.05) is 53.3 Å². The van der Waals surface area contributed by atoms with E-state index in [4.69, 9.17) is 8.83 Å². The standard InChI is InChI=1S/C54H33NO2S/c1-2-11-34(12-3-1)37-27-32-46-50(33-37)56-49-21-10-19-47(52(46)49)55(38-28-23-35(24-29-38)40-15-8-17-44-42-13-4-6-20-48(42)57-53(40)44)39-30-25-36(26-31-39)41-16-9-18-45-43-14-5-7-22-51(43)58-54(41)45/h1-33H. The van der Waals surface area contributed by atoms with E-state index >= 15 is 0 Å². The van der Waals surface area contributed by atoms with Gasteiger partial charge in [-0.2, -0.15) is 0 Å². The van der Waals surface area contributed by atoms with Gasteiger partial charge < -0.3 is 13.7 Å². The molecule has 0 aliphatic heterocycles. The number of anilines is 3. The summed E-state index contributed by atoms with van der Waals surface area (Å²) in [4.78, 5) is 2.36. The third-order valence-electron chi connectivity index (χ3n) is 11.5. The lowest BCUT2D eigenvalue weighted by Crippen LogP contribution is -2.10. The maximum absolute atomic E-state index is 6.63. The van der Waals surface area contributed by atoms with Gasteiger partial charge in [0.2, 0.25) is 0 Å². The Morgan fingerprint density at radius 2 is 0.983 bits per heavy atom. The van der Waals surface area contributed by atoms with Crippen LogP contribution in [0.1, 0.15) is 0 Å². The molecular formula is C54H33NO2S. The monoisotopic (exact) mass is 759 g/mol. The summed E-state index contributed by atoms with van der Waals surface area (Å²) < 4.78 is 15.7. The maximum Gasteiger partial charge on any atom is 0.143 e. The van der Waals surface area contributed by atoms with Gasteiger partial charge in [-0.05, 0) is 88.5 Å². The number of para-hydroxylation sites is 2. The van der Waals surface area contributed by atoms with Gasteiger partial charge in [0.25, 0.3) is 0 Å². The van der Waals surface area contributed by atoms with Crippen molar-refractivity contribution in [1.29, 1.82) is 0 Å². The van der Waals surface area contributed by atoms with E-state index in [1.165, 1.54) is 31.3 Å². The van der Waals surface area contributed by atoms with Crippen LogP contribution in [0.15, 0.2) is 209 Å². The molecule has 0 saturated carbocycles. The van der Waals surface area contributed by atoms with Gasteiger partial charge >= 0.3 is 0 Å². The molecule has 3 aromatic heterocycles. The van der Waals surface area contributed by atoms with Gasteiger partial charge in [-0.1, -0.05) is 140 Å². The first-order chi connectivity index (χ1) is 28.7. The molecular weight excluding hydrogens is 727 g/mol. The molecule has 3 nitrogen and oxygen atoms in total. The van der Waals surface area contributed by atoms with E-state index < -0.39 is 0 Å². The molecule has 0 saturated heterocycles. The molecule has 58 heavy (non-hydrogen) atoms. The first kappa shape index (κ1) is 32.8. The van der Waals surface area contributed by atoms with Gasteiger partial charge in [-0.15, -0.1) is 11.3 Å². The maximum atomic E-state index is 6.63. The zero-order valence-electron chi connectivity index (χ0n) is 31.2. The third kappa shape index (κ3) is 5.19. The number of nitrogens with zero attached hydrogens (tertiary/aromatic N) is 1. The van der Waals surface area contributed by atoms with Gasteiger partial charge in [-0.3, -0.25) is 0 Å². The average Bonchev–Trinajstić information content (AvgIpc) is 3.99. The summed E-state index contributed by atoms with van der Waals surface area (Å²) >= 11 is 1.86. The lowest BCUT2D eigenvalue weighted by molar-refractivity contribution is 0.669. The molecule has 272 valence electrons. The predicted octanol–water partition coefficient (Wildman–Crippen LogP) is 16.3. The fourth-order valence-electron chi connectivity index (χ4n) is 8.76. The fourth-order valence-corrected chi connectivity index (χ4v) is 10.00. The molecule has 0 unspecified atom stereocenters. The molecule has 12 aromatic rings. The van der Waals surface area contributed by atoms with E-state index in [0.717, 1.165) is 83.2 Å². The van der Waals surface area contributed by atoms with E-state index in [1.807, 2.05) is 29.5 Å². The molecule has 0 aliphatic rings. The van der Waals surface area contributed by atoms with Crippen LogP contribution in [0.2, 0.25) is 0 Å². The first-order valence-electron chi connectivity index (χ1n) is 19.6. The first-order valence-corrected chi connectivity index (χ1v) is 20.4. The van der Waals surface area contributed by atoms with Crippen LogP contribution in [0.3, 0.4) is 0 Å². The zero-order valence-corrected chi connectivity index (χ0v) is 32.0. The van der Waals surface area contributed by atoms with Crippen molar-refractivity contribution in [3.05, 3.63) is 200 Å². The molecule has 0 amide bonds. The highest BCUT2D eigenvalue weighted by atomic mass is 32.1. The van der Waals surface area contributed by atoms with Crippen molar-refractivity contribution < 1.29 is 8.83 Å². The van der Waals surface area contributed by atoms with Crippen LogP contribution >= 0.6 is 11.3 Å². The van der Waals surface area contributed by atoms with E-state index in [-0.39, 0.29) is 0 Å². The lowest BCUT2D eigenvalue weighted by atomic mass is 10.0. The number of hydrogen-bond acceptors (Lipinski definition) is 4. The largest absolute Gasteiger partial charge is 0.456 e. The summed E-state index contributed by atoms with van der Waals surface area (Å²) in [6.45, 7) is 0. The van der Waals surface area contributed by atoms with Crippen molar-refractivity contribution in [2.24, 2.45) is 0 Å². The van der Waals surface area contributed by atoms with Crippen molar-refractivity contribution in [1.82, 2.24) is 0 Å². The molecule has 3 heterocycles. The second-order valence-corrected chi connectivity index (χ2v) is 15.9. The van der Waals surface area contributed by atoms with Crippen LogP contribution in [0.5, 0.6) is 0 Å². The molecule has 0 spiro atoms. The smallest absolute Gasteiger partial charge is 0.143 e. The Kier molecular flexibility index (Phi) is 7.40. The summed E-state index contributed by atoms with van der Waals surface area (Å²) in [6, 6.07) is 71.3. The van der Waals surface area contributed by atoms with Crippen molar-refractivity contribution in [3.8, 4) is 33.4 Å². The summed E-state index contributed by atoms with van der Waals surface area (Å²) in [5.74, 6) is 0. The topological polar surface area (TPSA) is 29.5 Å². The van der Waals surface area contributed by atoms with Gasteiger partial charge in [0.05, 0.1) is 11.1 Å². The molecule has 12 rings (SSSR count). The minimum absolute atomic E-state index is 0.851. The molecule has 0 aliphatic carbocycles. The summed E-state index contributed by atoms with van der Waals surface area (Å²) in [5.41, 5.74) is 13.6. The molecule has 0 bridgehead atoms. The molecule has 0 fully saturated rings. The van der Waals surface area contributed by atoms with Crippen molar-refractivity contribution in [2.75, 3.05) is 4.90 Å². The Morgan fingerprint density at radius 1 is 0.362 bits per heavy atom. The average molecular weight is 760 g/mol.